The Labute approximate surface area is 103 Å². The molecule has 0 fully saturated rings. The summed E-state index contributed by atoms with van der Waals surface area (Å²) in [5.74, 6) is -1.12. The first kappa shape index (κ1) is 18.8. The van der Waals surface area contributed by atoms with Gasteiger partial charge in [-0.25, -0.2) is 0 Å². The van der Waals surface area contributed by atoms with Crippen LogP contribution in [0.15, 0.2) is 24.4 Å². The van der Waals surface area contributed by atoms with Crippen LogP contribution in [0.25, 0.3) is 0 Å². The molecule has 0 atom stereocenters. The summed E-state index contributed by atoms with van der Waals surface area (Å²) in [6, 6.07) is 0. The predicted octanol–water partition coefficient (Wildman–Crippen LogP) is -6.11. The van der Waals surface area contributed by atoms with Crippen LogP contribution >= 0.6 is 0 Å². The molecule has 0 amide bonds. The first-order valence-electron chi connectivity index (χ1n) is 3.54. The second kappa shape index (κ2) is 12.1. The fourth-order valence-corrected chi connectivity index (χ4v) is 0.490. The maximum Gasteiger partial charge on any atom is 1.00 e. The molecular weight excluding hydrogens is 158 g/mol. The molecule has 0 saturated carbocycles. The fourth-order valence-electron chi connectivity index (χ4n) is 0.490. The predicted molar refractivity (Wildman–Crippen MR) is 38.1 cm³/mol. The smallest absolute Gasteiger partial charge is 0.873 e. The second-order valence-electron chi connectivity index (χ2n) is 2.13. The van der Waals surface area contributed by atoms with Crippen molar-refractivity contribution < 1.29 is 52.7 Å². The van der Waals surface area contributed by atoms with Crippen LogP contribution in [-0.4, -0.2) is 6.61 Å². The Hall–Kier alpha value is 0.0748. The van der Waals surface area contributed by atoms with Crippen LogP contribution in [0.5, 0.6) is 0 Å². The summed E-state index contributed by atoms with van der Waals surface area (Å²) in [4.78, 5) is 0. The molecule has 0 aromatic rings. The van der Waals surface area contributed by atoms with E-state index in [0.29, 0.717) is 6.61 Å². The van der Waals surface area contributed by atoms with Gasteiger partial charge in [0.2, 0.25) is 0 Å². The van der Waals surface area contributed by atoms with Gasteiger partial charge in [0.25, 0.3) is 0 Å². The Morgan fingerprint density at radius 3 is 2.31 bits per heavy atom. The SMILES string of the molecule is C=C([O-])/C=C(\[O-])OCCCC.[Li+].[Li+]. The number of allylic oxidation sites excluding steroid dienone is 1. The van der Waals surface area contributed by atoms with Crippen molar-refractivity contribution in [1.82, 2.24) is 0 Å². The van der Waals surface area contributed by atoms with Crippen molar-refractivity contribution >= 4 is 0 Å². The van der Waals surface area contributed by atoms with Gasteiger partial charge in [0, 0.05) is 0 Å². The topological polar surface area (TPSA) is 55.3 Å². The largest absolute Gasteiger partial charge is 1.00 e. The molecule has 0 aliphatic carbocycles. The molecule has 0 unspecified atom stereocenters. The zero-order valence-corrected chi connectivity index (χ0v) is 8.63. The van der Waals surface area contributed by atoms with Gasteiger partial charge in [0.15, 0.2) is 0 Å². The summed E-state index contributed by atoms with van der Waals surface area (Å²) in [7, 11) is 0. The maximum atomic E-state index is 10.6. The maximum absolute atomic E-state index is 10.6. The molecule has 0 N–H and O–H groups in total. The van der Waals surface area contributed by atoms with Crippen molar-refractivity contribution in [2.45, 2.75) is 19.8 Å². The molecule has 3 nitrogen and oxygen atoms in total. The Balaban J connectivity index is -0.000000500. The van der Waals surface area contributed by atoms with E-state index in [1.165, 1.54) is 0 Å². The van der Waals surface area contributed by atoms with E-state index < -0.39 is 11.7 Å². The van der Waals surface area contributed by atoms with Gasteiger partial charge in [-0.15, -0.1) is 12.3 Å². The molecule has 0 aliphatic heterocycles. The standard InChI is InChI=1S/C8H14O3.2Li/c1-3-4-5-11-8(10)6-7(2)9;;/h6,9-10H,2-5H2,1H3;;/q;2*+1/p-2/b8-6+;;. The summed E-state index contributed by atoms with van der Waals surface area (Å²) in [6.07, 6.45) is 2.63. The zero-order valence-electron chi connectivity index (χ0n) is 8.63. The van der Waals surface area contributed by atoms with E-state index in [1.54, 1.807) is 0 Å². The monoisotopic (exact) mass is 170 g/mol. The van der Waals surface area contributed by atoms with Crippen molar-refractivity contribution in [3.05, 3.63) is 24.4 Å². The van der Waals surface area contributed by atoms with Crippen molar-refractivity contribution in [2.24, 2.45) is 0 Å². The van der Waals surface area contributed by atoms with E-state index in [1.807, 2.05) is 6.92 Å². The number of rotatable bonds is 5. The third kappa shape index (κ3) is 14.9. The van der Waals surface area contributed by atoms with Gasteiger partial charge in [-0.2, -0.15) is 0 Å². The molecule has 13 heavy (non-hydrogen) atoms. The molecule has 0 spiro atoms. The second-order valence-corrected chi connectivity index (χ2v) is 2.13. The van der Waals surface area contributed by atoms with E-state index in [2.05, 4.69) is 11.3 Å². The van der Waals surface area contributed by atoms with Gasteiger partial charge in [0.1, 0.15) is 0 Å². The van der Waals surface area contributed by atoms with Crippen LogP contribution in [0.4, 0.5) is 0 Å². The zero-order chi connectivity index (χ0) is 8.69. The molecule has 0 rings (SSSR count). The number of hydrogen-bond donors (Lipinski definition) is 0. The van der Waals surface area contributed by atoms with Crippen LogP contribution in [0, 0.1) is 0 Å². The quantitative estimate of drug-likeness (QED) is 0.178. The summed E-state index contributed by atoms with van der Waals surface area (Å²) in [5, 5.41) is 20.8. The van der Waals surface area contributed by atoms with Crippen LogP contribution < -0.4 is 47.9 Å². The average molecular weight is 170 g/mol. The van der Waals surface area contributed by atoms with Gasteiger partial charge < -0.3 is 14.9 Å². The van der Waals surface area contributed by atoms with Gasteiger partial charge in [0.05, 0.1) is 5.95 Å². The number of unbranched alkanes of at least 4 members (excludes halogenated alkanes) is 1. The summed E-state index contributed by atoms with van der Waals surface area (Å²) < 4.78 is 4.64. The van der Waals surface area contributed by atoms with Crippen LogP contribution in [-0.2, 0) is 4.74 Å². The molecule has 0 radical (unpaired) electrons. The van der Waals surface area contributed by atoms with Gasteiger partial charge in [-0.05, 0) is 19.1 Å². The first-order chi connectivity index (χ1) is 5.16. The molecule has 0 saturated heterocycles. The van der Waals surface area contributed by atoms with Gasteiger partial charge in [-0.1, -0.05) is 13.3 Å². The van der Waals surface area contributed by atoms with E-state index in [0.717, 1.165) is 18.9 Å². The molecule has 0 heterocycles. The summed E-state index contributed by atoms with van der Waals surface area (Å²) in [5.41, 5.74) is 0. The normalized spacial score (nSPS) is 9.46. The molecule has 0 bridgehead atoms. The molecule has 5 heteroatoms. The molecule has 0 aromatic heterocycles. The van der Waals surface area contributed by atoms with Gasteiger partial charge in [-0.3, -0.25) is 0 Å². The third-order valence-corrected chi connectivity index (χ3v) is 1.02. The van der Waals surface area contributed by atoms with Crippen molar-refractivity contribution in [1.29, 1.82) is 0 Å². The Bertz CT molecular complexity index is 157. The first-order valence-corrected chi connectivity index (χ1v) is 3.54. The minimum absolute atomic E-state index is 0. The number of ether oxygens (including phenoxy) is 1. The van der Waals surface area contributed by atoms with Crippen LogP contribution in [0.3, 0.4) is 0 Å². The summed E-state index contributed by atoms with van der Waals surface area (Å²) in [6.45, 7) is 5.38. The summed E-state index contributed by atoms with van der Waals surface area (Å²) >= 11 is 0. The van der Waals surface area contributed by atoms with E-state index in [-0.39, 0.29) is 37.7 Å². The van der Waals surface area contributed by atoms with Crippen LogP contribution in [0.1, 0.15) is 19.8 Å². The minimum atomic E-state index is -0.599. The van der Waals surface area contributed by atoms with Gasteiger partial charge >= 0.3 is 37.7 Å². The average Bonchev–Trinajstić information content (AvgIpc) is 1.86. The van der Waals surface area contributed by atoms with Crippen molar-refractivity contribution in [3.63, 3.8) is 0 Å². The van der Waals surface area contributed by atoms with E-state index >= 15 is 0 Å². The number of hydrogen-bond acceptors (Lipinski definition) is 3. The Morgan fingerprint density at radius 2 is 1.92 bits per heavy atom. The third-order valence-electron chi connectivity index (χ3n) is 1.02. The Kier molecular flexibility index (Phi) is 17.4. The molecule has 0 aromatic carbocycles. The Morgan fingerprint density at radius 1 is 1.38 bits per heavy atom. The minimum Gasteiger partial charge on any atom is -0.873 e. The van der Waals surface area contributed by atoms with E-state index in [4.69, 9.17) is 0 Å². The molecule has 0 aliphatic rings. The molecular formula is C8H12Li2O3. The van der Waals surface area contributed by atoms with Crippen LogP contribution in [0.2, 0.25) is 0 Å². The van der Waals surface area contributed by atoms with Crippen molar-refractivity contribution in [2.75, 3.05) is 6.61 Å². The fraction of sp³-hybridized carbons (Fsp3) is 0.500. The van der Waals surface area contributed by atoms with E-state index in [9.17, 15) is 10.2 Å². The van der Waals surface area contributed by atoms with Crippen molar-refractivity contribution in [3.8, 4) is 0 Å². The molecule has 64 valence electrons.